The van der Waals surface area contributed by atoms with Crippen LogP contribution in [-0.4, -0.2) is 45.6 Å². The number of ether oxygens (including phenoxy) is 1. The summed E-state index contributed by atoms with van der Waals surface area (Å²) in [5.74, 6) is 1.35. The van der Waals surface area contributed by atoms with Gasteiger partial charge in [0.05, 0.1) is 29.1 Å². The number of halogens is 2. The first-order valence-electron chi connectivity index (χ1n) is 12.1. The third kappa shape index (κ3) is 3.42. The fourth-order valence-electron chi connectivity index (χ4n) is 5.55. The molecule has 3 aliphatic rings. The van der Waals surface area contributed by atoms with Crippen LogP contribution in [0, 0.1) is 0 Å². The fraction of sp³-hybridized carbons (Fsp3) is 0.500. The summed E-state index contributed by atoms with van der Waals surface area (Å²) in [7, 11) is 1.80. The first-order valence-corrected chi connectivity index (χ1v) is 12.1. The quantitative estimate of drug-likeness (QED) is 0.521. The van der Waals surface area contributed by atoms with E-state index in [4.69, 9.17) is 14.7 Å². The number of carbonyl (C=O) groups is 1. The number of nitrogens with zero attached hydrogens (tertiary/aromatic N) is 4. The molecule has 34 heavy (non-hydrogen) atoms. The van der Waals surface area contributed by atoms with Crippen molar-refractivity contribution in [2.24, 2.45) is 0 Å². The van der Waals surface area contributed by atoms with Crippen LogP contribution in [0.3, 0.4) is 0 Å². The fourth-order valence-corrected chi connectivity index (χ4v) is 5.55. The van der Waals surface area contributed by atoms with Crippen LogP contribution in [0.25, 0.3) is 22.2 Å². The Balaban J connectivity index is 1.55. The molecule has 4 heterocycles. The Bertz CT molecular complexity index is 1280. The van der Waals surface area contributed by atoms with Crippen molar-refractivity contribution in [1.82, 2.24) is 19.4 Å². The minimum absolute atomic E-state index is 0.00278. The monoisotopic (exact) mass is 466 g/mol. The lowest BCUT2D eigenvalue weighted by atomic mass is 9.91. The first kappa shape index (κ1) is 21.6. The Morgan fingerprint density at radius 1 is 1.09 bits per heavy atom. The van der Waals surface area contributed by atoms with E-state index in [1.807, 2.05) is 25.1 Å². The van der Waals surface area contributed by atoms with Crippen molar-refractivity contribution in [2.75, 3.05) is 20.3 Å². The number of fused-ring (bicyclic) bond motifs is 2. The van der Waals surface area contributed by atoms with Crippen molar-refractivity contribution in [3.8, 4) is 11.3 Å². The zero-order chi connectivity index (χ0) is 23.6. The Kier molecular flexibility index (Phi) is 5.17. The molecule has 0 N–H and O–H groups in total. The molecule has 1 saturated heterocycles. The van der Waals surface area contributed by atoms with Crippen molar-refractivity contribution < 1.29 is 18.3 Å². The number of benzene rings is 1. The molecule has 2 aliphatic heterocycles. The molecule has 1 unspecified atom stereocenters. The predicted molar refractivity (Wildman–Crippen MR) is 124 cm³/mol. The molecule has 6 rings (SSSR count). The van der Waals surface area contributed by atoms with Crippen molar-refractivity contribution >= 4 is 16.8 Å². The summed E-state index contributed by atoms with van der Waals surface area (Å²) in [5.41, 5.74) is 3.74. The number of imidazole rings is 1. The van der Waals surface area contributed by atoms with Gasteiger partial charge in [0.15, 0.2) is 0 Å². The van der Waals surface area contributed by atoms with Gasteiger partial charge in [-0.05, 0) is 44.7 Å². The number of amides is 1. The van der Waals surface area contributed by atoms with E-state index >= 15 is 0 Å². The molecule has 1 aliphatic carbocycles. The molecular weight excluding hydrogens is 438 g/mol. The van der Waals surface area contributed by atoms with Crippen LogP contribution in [-0.2, 0) is 16.1 Å². The molecule has 6 nitrogen and oxygen atoms in total. The molecule has 1 saturated carbocycles. The van der Waals surface area contributed by atoms with Crippen LogP contribution >= 0.6 is 0 Å². The number of likely N-dealkylation sites (N-methyl/N-ethyl adjacent to an activating group) is 1. The third-order valence-electron chi connectivity index (χ3n) is 7.51. The van der Waals surface area contributed by atoms with Gasteiger partial charge in [-0.15, -0.1) is 0 Å². The topological polar surface area (TPSA) is 60.3 Å². The standard InChI is InChI=1S/C26H28F2N4O2/c1-14-26(33)31(2)13-21-23(30-25(32(14)21)16-6-7-16)17-4-3-5-20-18(17)12-19(24(27)28)22(29-20)15-8-10-34-11-9-15/h3-5,12,14-16,24H,6-11,13H2,1-2H3. The second kappa shape index (κ2) is 8.12. The molecule has 2 fully saturated rings. The van der Waals surface area contributed by atoms with Crippen LogP contribution in [0.5, 0.6) is 0 Å². The zero-order valence-corrected chi connectivity index (χ0v) is 19.4. The Morgan fingerprint density at radius 2 is 1.85 bits per heavy atom. The molecule has 0 spiro atoms. The van der Waals surface area contributed by atoms with E-state index in [1.165, 1.54) is 0 Å². The summed E-state index contributed by atoms with van der Waals surface area (Å²) in [5, 5.41) is 0.684. The number of alkyl halides is 2. The van der Waals surface area contributed by atoms with Gasteiger partial charge in [-0.1, -0.05) is 12.1 Å². The van der Waals surface area contributed by atoms with E-state index < -0.39 is 6.43 Å². The summed E-state index contributed by atoms with van der Waals surface area (Å²) in [4.78, 5) is 24.3. The van der Waals surface area contributed by atoms with E-state index in [0.717, 1.165) is 35.6 Å². The van der Waals surface area contributed by atoms with Crippen LogP contribution in [0.1, 0.15) is 79.7 Å². The Hall–Kier alpha value is -2.87. The normalized spacial score (nSPS) is 21.5. The molecule has 0 radical (unpaired) electrons. The van der Waals surface area contributed by atoms with Crippen LogP contribution in [0.4, 0.5) is 8.78 Å². The number of pyridine rings is 1. The van der Waals surface area contributed by atoms with Gasteiger partial charge in [-0.2, -0.15) is 0 Å². The van der Waals surface area contributed by atoms with Crippen molar-refractivity contribution in [2.45, 2.75) is 63.5 Å². The van der Waals surface area contributed by atoms with Gasteiger partial charge in [0.2, 0.25) is 5.91 Å². The van der Waals surface area contributed by atoms with Crippen molar-refractivity contribution in [3.63, 3.8) is 0 Å². The minimum Gasteiger partial charge on any atom is -0.381 e. The highest BCUT2D eigenvalue weighted by Gasteiger charge is 2.38. The van der Waals surface area contributed by atoms with E-state index in [0.29, 0.717) is 55.1 Å². The summed E-state index contributed by atoms with van der Waals surface area (Å²) >= 11 is 0. The second-order valence-electron chi connectivity index (χ2n) is 9.80. The summed E-state index contributed by atoms with van der Waals surface area (Å²) in [6.45, 7) is 3.51. The van der Waals surface area contributed by atoms with Crippen LogP contribution < -0.4 is 0 Å². The van der Waals surface area contributed by atoms with Gasteiger partial charge in [-0.3, -0.25) is 9.78 Å². The first-order chi connectivity index (χ1) is 16.4. The smallest absolute Gasteiger partial charge is 0.265 e. The van der Waals surface area contributed by atoms with Crippen LogP contribution in [0.2, 0.25) is 0 Å². The van der Waals surface area contributed by atoms with Crippen molar-refractivity contribution in [1.29, 1.82) is 0 Å². The lowest BCUT2D eigenvalue weighted by Gasteiger charge is -2.31. The van der Waals surface area contributed by atoms with Gasteiger partial charge in [-0.25, -0.2) is 13.8 Å². The molecule has 1 amide bonds. The number of hydrogen-bond acceptors (Lipinski definition) is 4. The maximum Gasteiger partial charge on any atom is 0.265 e. The maximum atomic E-state index is 14.2. The number of carbonyl (C=O) groups excluding carboxylic acids is 1. The SMILES string of the molecule is CC1C(=O)N(C)Cc2c(-c3cccc4nc(C5CCOCC5)c(C(F)F)cc34)nc(C3CC3)n21. The van der Waals surface area contributed by atoms with Crippen LogP contribution in [0.15, 0.2) is 24.3 Å². The molecule has 2 aromatic heterocycles. The maximum absolute atomic E-state index is 14.2. The second-order valence-corrected chi connectivity index (χ2v) is 9.80. The third-order valence-corrected chi connectivity index (χ3v) is 7.51. The Labute approximate surface area is 196 Å². The highest BCUT2D eigenvalue weighted by Crippen LogP contribution is 2.45. The minimum atomic E-state index is -2.61. The molecule has 1 aromatic carbocycles. The van der Waals surface area contributed by atoms with Gasteiger partial charge in [0.1, 0.15) is 11.9 Å². The zero-order valence-electron chi connectivity index (χ0n) is 19.4. The van der Waals surface area contributed by atoms with E-state index in [1.54, 1.807) is 18.0 Å². The highest BCUT2D eigenvalue weighted by atomic mass is 19.3. The molecular formula is C26H28F2N4O2. The van der Waals surface area contributed by atoms with Gasteiger partial charge in [0, 0.05) is 48.6 Å². The average molecular weight is 467 g/mol. The van der Waals surface area contributed by atoms with E-state index in [2.05, 4.69) is 4.57 Å². The molecule has 1 atom stereocenters. The van der Waals surface area contributed by atoms with Crippen molar-refractivity contribution in [3.05, 3.63) is 47.0 Å². The molecule has 3 aromatic rings. The van der Waals surface area contributed by atoms with Gasteiger partial charge < -0.3 is 14.2 Å². The average Bonchev–Trinajstić information content (AvgIpc) is 3.63. The lowest BCUT2D eigenvalue weighted by Crippen LogP contribution is -2.39. The Morgan fingerprint density at radius 3 is 2.56 bits per heavy atom. The molecule has 178 valence electrons. The van der Waals surface area contributed by atoms with E-state index in [9.17, 15) is 13.6 Å². The van der Waals surface area contributed by atoms with E-state index in [-0.39, 0.29) is 23.4 Å². The van der Waals surface area contributed by atoms with Gasteiger partial charge in [0.25, 0.3) is 6.43 Å². The number of hydrogen-bond donors (Lipinski definition) is 0. The number of aromatic nitrogens is 3. The summed E-state index contributed by atoms with van der Waals surface area (Å²) in [6.07, 6.45) is 0.927. The predicted octanol–water partition coefficient (Wildman–Crippen LogP) is 5.34. The molecule has 0 bridgehead atoms. The summed E-state index contributed by atoms with van der Waals surface area (Å²) < 4.78 is 36.0. The summed E-state index contributed by atoms with van der Waals surface area (Å²) in [6, 6.07) is 7.05. The lowest BCUT2D eigenvalue weighted by molar-refractivity contribution is -0.135. The number of rotatable bonds is 4. The molecule has 8 heteroatoms. The largest absolute Gasteiger partial charge is 0.381 e. The highest BCUT2D eigenvalue weighted by molar-refractivity contribution is 5.95. The van der Waals surface area contributed by atoms with Gasteiger partial charge >= 0.3 is 0 Å².